The van der Waals surface area contributed by atoms with Crippen LogP contribution in [0.15, 0.2) is 42.7 Å². The number of carbonyl (C=O) groups excluding carboxylic acids is 2. The first kappa shape index (κ1) is 21.8. The summed E-state index contributed by atoms with van der Waals surface area (Å²) in [7, 11) is 3.30. The zero-order chi connectivity index (χ0) is 23.9. The van der Waals surface area contributed by atoms with E-state index in [0.29, 0.717) is 43.0 Å². The summed E-state index contributed by atoms with van der Waals surface area (Å²) in [5.41, 5.74) is 2.00. The van der Waals surface area contributed by atoms with E-state index < -0.39 is 5.60 Å². The molecule has 4 heterocycles. The van der Waals surface area contributed by atoms with Gasteiger partial charge in [-0.3, -0.25) is 9.59 Å². The summed E-state index contributed by atoms with van der Waals surface area (Å²) in [6.45, 7) is 1.65. The minimum absolute atomic E-state index is 0.0248. The summed E-state index contributed by atoms with van der Waals surface area (Å²) in [5, 5.41) is 13.2. The first-order valence-electron chi connectivity index (χ1n) is 11.1. The first-order chi connectivity index (χ1) is 16.4. The molecule has 1 unspecified atom stereocenters. The third-order valence-corrected chi connectivity index (χ3v) is 6.34. The lowest BCUT2D eigenvalue weighted by Crippen LogP contribution is -2.53. The van der Waals surface area contributed by atoms with E-state index in [0.717, 1.165) is 16.8 Å². The molecule has 1 atom stereocenters. The number of aromatic nitrogens is 3. The number of benzene rings is 1. The third kappa shape index (κ3) is 3.82. The molecule has 2 amide bonds. The van der Waals surface area contributed by atoms with Crippen LogP contribution in [0, 0.1) is 17.8 Å². The molecule has 2 N–H and O–H groups in total. The van der Waals surface area contributed by atoms with Crippen molar-refractivity contribution in [2.45, 2.75) is 12.0 Å². The number of aliphatic hydroxyl groups is 1. The molecule has 3 aromatic rings. The van der Waals surface area contributed by atoms with Gasteiger partial charge in [0.1, 0.15) is 11.8 Å². The number of hydrogen-bond acceptors (Lipinski definition) is 7. The Balaban J connectivity index is 1.44. The number of nitrogens with one attached hydrogen (secondary N) is 1. The Morgan fingerprint density at radius 2 is 2.06 bits per heavy atom. The van der Waals surface area contributed by atoms with Gasteiger partial charge in [-0.1, -0.05) is 24.0 Å². The van der Waals surface area contributed by atoms with Crippen molar-refractivity contribution in [1.82, 2.24) is 25.2 Å². The summed E-state index contributed by atoms with van der Waals surface area (Å²) in [6, 6.07) is 11.3. The van der Waals surface area contributed by atoms with Crippen molar-refractivity contribution in [3.8, 4) is 23.1 Å². The highest BCUT2D eigenvalue weighted by Gasteiger charge is 2.42. The number of likely N-dealkylation sites (N-methyl/N-ethyl adjacent to an activating group) is 1. The van der Waals surface area contributed by atoms with Crippen molar-refractivity contribution in [2.75, 3.05) is 38.6 Å². The normalized spacial score (nSPS) is 20.1. The number of rotatable bonds is 3. The van der Waals surface area contributed by atoms with Crippen LogP contribution in [0.25, 0.3) is 22.3 Å². The number of fused-ring (bicyclic) bond motifs is 1. The zero-order valence-electron chi connectivity index (χ0n) is 18.9. The Morgan fingerprint density at radius 1 is 1.24 bits per heavy atom. The van der Waals surface area contributed by atoms with E-state index in [9.17, 15) is 14.7 Å². The maximum atomic E-state index is 12.2. The average Bonchev–Trinajstić information content (AvgIpc) is 3.09. The molecule has 2 saturated heterocycles. The molecule has 1 aromatic carbocycles. The lowest BCUT2D eigenvalue weighted by Gasteiger charge is -2.38. The predicted octanol–water partition coefficient (Wildman–Crippen LogP) is 0.819. The van der Waals surface area contributed by atoms with E-state index >= 15 is 0 Å². The molecule has 34 heavy (non-hydrogen) atoms. The molecule has 2 aliphatic heterocycles. The molecule has 2 fully saturated rings. The Morgan fingerprint density at radius 3 is 2.79 bits per heavy atom. The van der Waals surface area contributed by atoms with Crippen molar-refractivity contribution in [3.05, 3.63) is 48.3 Å². The van der Waals surface area contributed by atoms with Crippen LogP contribution >= 0.6 is 0 Å². The smallest absolute Gasteiger partial charge is 0.267 e. The van der Waals surface area contributed by atoms with Crippen LogP contribution in [0.2, 0.25) is 0 Å². The van der Waals surface area contributed by atoms with Crippen LogP contribution in [0.5, 0.6) is 0 Å². The molecule has 9 heteroatoms. The number of pyridine rings is 1. The van der Waals surface area contributed by atoms with Gasteiger partial charge in [-0.15, -0.1) is 0 Å². The Bertz CT molecular complexity index is 1360. The van der Waals surface area contributed by atoms with Gasteiger partial charge in [0.15, 0.2) is 5.82 Å². The summed E-state index contributed by atoms with van der Waals surface area (Å²) < 4.78 is 0. The fraction of sp³-hybridized carbons (Fsp3) is 0.320. The van der Waals surface area contributed by atoms with Crippen LogP contribution in [-0.4, -0.2) is 76.1 Å². The molecule has 0 bridgehead atoms. The van der Waals surface area contributed by atoms with Crippen LogP contribution in [0.4, 0.5) is 5.82 Å². The fourth-order valence-electron chi connectivity index (χ4n) is 4.24. The highest BCUT2D eigenvalue weighted by molar-refractivity contribution is 5.91. The quantitative estimate of drug-likeness (QED) is 0.561. The summed E-state index contributed by atoms with van der Waals surface area (Å²) in [4.78, 5) is 41.1. The van der Waals surface area contributed by atoms with Gasteiger partial charge in [0.2, 0.25) is 11.5 Å². The van der Waals surface area contributed by atoms with Gasteiger partial charge in [-0.2, -0.15) is 0 Å². The van der Waals surface area contributed by atoms with Gasteiger partial charge in [0, 0.05) is 51.3 Å². The SMILES string of the molecule is CNC(=O)C1CN(c2ncnc3ccc(-c4cccc(C#CC5(O)CCN(C)C5=O)c4)nc23)C1. The van der Waals surface area contributed by atoms with Crippen LogP contribution < -0.4 is 10.2 Å². The van der Waals surface area contributed by atoms with E-state index in [1.165, 1.54) is 11.2 Å². The van der Waals surface area contributed by atoms with Crippen molar-refractivity contribution in [3.63, 3.8) is 0 Å². The zero-order valence-corrected chi connectivity index (χ0v) is 18.9. The Kier molecular flexibility index (Phi) is 5.38. The van der Waals surface area contributed by atoms with E-state index in [1.54, 1.807) is 14.1 Å². The third-order valence-electron chi connectivity index (χ3n) is 6.34. The highest BCUT2D eigenvalue weighted by atomic mass is 16.3. The lowest BCUT2D eigenvalue weighted by molar-refractivity contribution is -0.137. The van der Waals surface area contributed by atoms with Gasteiger partial charge in [-0.05, 0) is 24.3 Å². The highest BCUT2D eigenvalue weighted by Crippen LogP contribution is 2.30. The Hall–Kier alpha value is -4.03. The van der Waals surface area contributed by atoms with Gasteiger partial charge < -0.3 is 20.2 Å². The molecule has 2 aromatic heterocycles. The molecule has 0 radical (unpaired) electrons. The van der Waals surface area contributed by atoms with Crippen molar-refractivity contribution >= 4 is 28.7 Å². The number of anilines is 1. The lowest BCUT2D eigenvalue weighted by atomic mass is 9.99. The second-order valence-corrected chi connectivity index (χ2v) is 8.65. The standard InChI is InChI=1S/C25H24N6O3/c1-26-23(32)18-13-31(14-18)22-21-20(27-15-28-22)7-6-19(29-21)17-5-3-4-16(12-17)8-9-25(34)10-11-30(2)24(25)33/h3-7,12,15,18,34H,10-11,13-14H2,1-2H3,(H,26,32). The molecule has 0 saturated carbocycles. The van der Waals surface area contributed by atoms with Crippen LogP contribution in [0.3, 0.4) is 0 Å². The van der Waals surface area contributed by atoms with Crippen LogP contribution in [0.1, 0.15) is 12.0 Å². The van der Waals surface area contributed by atoms with Crippen molar-refractivity contribution in [2.24, 2.45) is 5.92 Å². The monoisotopic (exact) mass is 456 g/mol. The second kappa shape index (κ2) is 8.39. The van der Waals surface area contributed by atoms with E-state index in [2.05, 4.69) is 27.1 Å². The number of hydrogen-bond donors (Lipinski definition) is 2. The van der Waals surface area contributed by atoms with Gasteiger partial charge in [0.25, 0.3) is 5.91 Å². The van der Waals surface area contributed by atoms with Gasteiger partial charge >= 0.3 is 0 Å². The second-order valence-electron chi connectivity index (χ2n) is 8.65. The first-order valence-corrected chi connectivity index (χ1v) is 11.1. The molecule has 5 rings (SSSR count). The maximum Gasteiger partial charge on any atom is 0.267 e. The molecule has 2 aliphatic rings. The number of carbonyl (C=O) groups is 2. The van der Waals surface area contributed by atoms with E-state index in [-0.39, 0.29) is 17.7 Å². The largest absolute Gasteiger partial charge is 0.369 e. The maximum absolute atomic E-state index is 12.2. The van der Waals surface area contributed by atoms with Crippen LogP contribution in [-0.2, 0) is 9.59 Å². The van der Waals surface area contributed by atoms with Gasteiger partial charge in [-0.25, -0.2) is 15.0 Å². The minimum atomic E-state index is -1.64. The molecule has 172 valence electrons. The number of likely N-dealkylation sites (tertiary alicyclic amines) is 1. The minimum Gasteiger partial charge on any atom is -0.369 e. The fourth-order valence-corrected chi connectivity index (χ4v) is 4.24. The molecule has 9 nitrogen and oxygen atoms in total. The molecular weight excluding hydrogens is 432 g/mol. The molecule has 0 spiro atoms. The summed E-state index contributed by atoms with van der Waals surface area (Å²) in [5.74, 6) is 6.00. The van der Waals surface area contributed by atoms with E-state index in [4.69, 9.17) is 4.98 Å². The summed E-state index contributed by atoms with van der Waals surface area (Å²) >= 11 is 0. The predicted molar refractivity (Wildman–Crippen MR) is 127 cm³/mol. The average molecular weight is 457 g/mol. The number of nitrogens with zero attached hydrogens (tertiary/aromatic N) is 5. The molecular formula is C25H24N6O3. The number of amides is 2. The topological polar surface area (TPSA) is 112 Å². The van der Waals surface area contributed by atoms with Crippen molar-refractivity contribution in [1.29, 1.82) is 0 Å². The summed E-state index contributed by atoms with van der Waals surface area (Å²) in [6.07, 6.45) is 1.80. The van der Waals surface area contributed by atoms with E-state index in [1.807, 2.05) is 41.3 Å². The Labute approximate surface area is 196 Å². The molecule has 0 aliphatic carbocycles. The van der Waals surface area contributed by atoms with Gasteiger partial charge in [0.05, 0.1) is 17.1 Å². The van der Waals surface area contributed by atoms with Crippen molar-refractivity contribution < 1.29 is 14.7 Å².